The van der Waals surface area contributed by atoms with Crippen molar-refractivity contribution in [3.8, 4) is 11.5 Å². The Bertz CT molecular complexity index is 1170. The van der Waals surface area contributed by atoms with Crippen molar-refractivity contribution in [3.05, 3.63) is 87.9 Å². The summed E-state index contributed by atoms with van der Waals surface area (Å²) in [6.07, 6.45) is 0.879. The van der Waals surface area contributed by atoms with Gasteiger partial charge in [-0.05, 0) is 53.8 Å². The van der Waals surface area contributed by atoms with Crippen LogP contribution in [0.15, 0.2) is 60.7 Å². The number of hydrogen-bond donors (Lipinski definition) is 0. The predicted molar refractivity (Wildman–Crippen MR) is 132 cm³/mol. The van der Waals surface area contributed by atoms with E-state index in [4.69, 9.17) is 21.1 Å². The zero-order valence-electron chi connectivity index (χ0n) is 19.7. The van der Waals surface area contributed by atoms with Gasteiger partial charge in [0.05, 0.1) is 19.8 Å². The molecule has 3 aromatic rings. The van der Waals surface area contributed by atoms with Gasteiger partial charge in [0.2, 0.25) is 11.4 Å². The lowest BCUT2D eigenvalue weighted by Gasteiger charge is -2.25. The average Bonchev–Trinajstić information content (AvgIpc) is 2.77. The molecule has 4 heteroatoms. The minimum atomic E-state index is 0.0972. The third kappa shape index (κ3) is 4.02. The van der Waals surface area contributed by atoms with E-state index in [1.165, 1.54) is 11.1 Å². The molecule has 0 saturated carbocycles. The minimum Gasteiger partial charge on any atom is -0.493 e. The van der Waals surface area contributed by atoms with Crippen LogP contribution in [0.25, 0.3) is 0 Å². The summed E-state index contributed by atoms with van der Waals surface area (Å²) in [7, 11) is 3.36. The van der Waals surface area contributed by atoms with Gasteiger partial charge in [-0.1, -0.05) is 56.6 Å². The largest absolute Gasteiger partial charge is 0.493 e. The lowest BCUT2D eigenvalue weighted by Crippen LogP contribution is -2.35. The van der Waals surface area contributed by atoms with Crippen LogP contribution < -0.4 is 9.47 Å². The van der Waals surface area contributed by atoms with E-state index in [1.54, 1.807) is 14.2 Å². The third-order valence-electron chi connectivity index (χ3n) is 6.20. The standard InChI is InChI=1S/C28H31ClNO2/c1-18-15-20-16-25(31-5)26(32-6)17-22(20)27(30(18)24-10-8-7-9-23(24)29)19-11-13-21(14-12-19)28(2,3)4/h7-14,16-18H,15H2,1-6H3/q+1. The van der Waals surface area contributed by atoms with E-state index >= 15 is 0 Å². The van der Waals surface area contributed by atoms with Crippen LogP contribution in [0.4, 0.5) is 5.69 Å². The number of methoxy groups -OCH3 is 2. The highest BCUT2D eigenvalue weighted by Crippen LogP contribution is 2.38. The lowest BCUT2D eigenvalue weighted by molar-refractivity contribution is -0.481. The van der Waals surface area contributed by atoms with Crippen LogP contribution in [0.5, 0.6) is 11.5 Å². The van der Waals surface area contributed by atoms with Crippen molar-refractivity contribution in [2.24, 2.45) is 0 Å². The normalized spacial score (nSPS) is 16.0. The van der Waals surface area contributed by atoms with E-state index in [0.717, 1.165) is 45.5 Å². The molecule has 0 amide bonds. The zero-order chi connectivity index (χ0) is 23.0. The quantitative estimate of drug-likeness (QED) is 0.410. The number of rotatable bonds is 4. The summed E-state index contributed by atoms with van der Waals surface area (Å²) in [6.45, 7) is 8.95. The van der Waals surface area contributed by atoms with Gasteiger partial charge in [0.15, 0.2) is 17.5 Å². The van der Waals surface area contributed by atoms with Crippen LogP contribution in [0, 0.1) is 0 Å². The minimum absolute atomic E-state index is 0.0972. The highest BCUT2D eigenvalue weighted by molar-refractivity contribution is 6.32. The molecule has 1 heterocycles. The second kappa shape index (κ2) is 8.63. The molecule has 32 heavy (non-hydrogen) atoms. The molecular formula is C28H31ClNO2+. The SMILES string of the molecule is COc1cc2c(cc1OC)C(c1ccc(C(C)(C)C)cc1)=[N+](c1ccccc1Cl)C(C)C2. The number of fused-ring (bicyclic) bond motifs is 1. The monoisotopic (exact) mass is 448 g/mol. The van der Waals surface area contributed by atoms with Crippen molar-refractivity contribution in [3.63, 3.8) is 0 Å². The summed E-state index contributed by atoms with van der Waals surface area (Å²) in [5, 5.41) is 0.743. The van der Waals surface area contributed by atoms with Crippen LogP contribution in [-0.2, 0) is 11.8 Å². The van der Waals surface area contributed by atoms with Crippen LogP contribution in [0.3, 0.4) is 0 Å². The van der Waals surface area contributed by atoms with Gasteiger partial charge >= 0.3 is 0 Å². The summed E-state index contributed by atoms with van der Waals surface area (Å²) in [6, 6.07) is 21.4. The van der Waals surface area contributed by atoms with Crippen LogP contribution in [0.1, 0.15) is 49.9 Å². The molecule has 1 atom stereocenters. The number of benzene rings is 3. The summed E-state index contributed by atoms with van der Waals surface area (Å²) < 4.78 is 13.6. The van der Waals surface area contributed by atoms with Crippen LogP contribution in [0.2, 0.25) is 5.02 Å². The molecular weight excluding hydrogens is 418 g/mol. The van der Waals surface area contributed by atoms with Crippen molar-refractivity contribution in [2.75, 3.05) is 14.2 Å². The molecule has 0 spiro atoms. The maximum Gasteiger partial charge on any atom is 0.224 e. The van der Waals surface area contributed by atoms with E-state index in [2.05, 4.69) is 74.7 Å². The zero-order valence-corrected chi connectivity index (χ0v) is 20.5. The van der Waals surface area contributed by atoms with Crippen LogP contribution >= 0.6 is 11.6 Å². The number of nitrogens with zero attached hydrogens (tertiary/aromatic N) is 1. The molecule has 0 saturated heterocycles. The van der Waals surface area contributed by atoms with Crippen molar-refractivity contribution >= 4 is 23.0 Å². The number of hydrogen-bond acceptors (Lipinski definition) is 2. The Morgan fingerprint density at radius 3 is 2.12 bits per heavy atom. The Labute approximate surface area is 196 Å². The second-order valence-corrected chi connectivity index (χ2v) is 9.82. The molecule has 1 aliphatic heterocycles. The highest BCUT2D eigenvalue weighted by Gasteiger charge is 2.36. The molecule has 0 radical (unpaired) electrons. The Kier molecular flexibility index (Phi) is 6.05. The van der Waals surface area contributed by atoms with Gasteiger partial charge in [0.1, 0.15) is 5.02 Å². The fourth-order valence-electron chi connectivity index (χ4n) is 4.50. The van der Waals surface area contributed by atoms with Gasteiger partial charge in [-0.15, -0.1) is 0 Å². The predicted octanol–water partition coefficient (Wildman–Crippen LogP) is 6.78. The number of halogens is 1. The summed E-state index contributed by atoms with van der Waals surface area (Å²) in [4.78, 5) is 0. The van der Waals surface area contributed by atoms with E-state index < -0.39 is 0 Å². The molecule has 3 nitrogen and oxygen atoms in total. The van der Waals surface area contributed by atoms with E-state index in [0.29, 0.717) is 0 Å². The first kappa shape index (κ1) is 22.4. The lowest BCUT2D eigenvalue weighted by atomic mass is 9.84. The Morgan fingerprint density at radius 2 is 1.53 bits per heavy atom. The summed E-state index contributed by atoms with van der Waals surface area (Å²) in [5.41, 5.74) is 7.09. The van der Waals surface area contributed by atoms with E-state index in [9.17, 15) is 0 Å². The molecule has 0 bridgehead atoms. The maximum atomic E-state index is 6.69. The van der Waals surface area contributed by atoms with Crippen LogP contribution in [-0.4, -0.2) is 30.5 Å². The Morgan fingerprint density at radius 1 is 0.906 bits per heavy atom. The molecule has 0 aliphatic carbocycles. The van der Waals surface area contributed by atoms with Gasteiger partial charge < -0.3 is 9.47 Å². The average molecular weight is 449 g/mol. The summed E-state index contributed by atoms with van der Waals surface area (Å²) >= 11 is 6.69. The van der Waals surface area contributed by atoms with E-state index in [1.807, 2.05) is 18.2 Å². The molecule has 3 aromatic carbocycles. The topological polar surface area (TPSA) is 21.5 Å². The molecule has 0 N–H and O–H groups in total. The maximum absolute atomic E-state index is 6.69. The fraction of sp³-hybridized carbons (Fsp3) is 0.321. The Balaban J connectivity index is 2.03. The smallest absolute Gasteiger partial charge is 0.224 e. The van der Waals surface area contributed by atoms with Crippen molar-refractivity contribution in [2.45, 2.75) is 45.6 Å². The fourth-order valence-corrected chi connectivity index (χ4v) is 4.72. The first-order chi connectivity index (χ1) is 15.2. The molecule has 0 fully saturated rings. The first-order valence-corrected chi connectivity index (χ1v) is 11.4. The van der Waals surface area contributed by atoms with Gasteiger partial charge in [-0.25, -0.2) is 0 Å². The molecule has 166 valence electrons. The van der Waals surface area contributed by atoms with Crippen molar-refractivity contribution < 1.29 is 14.0 Å². The number of ether oxygens (including phenoxy) is 2. The van der Waals surface area contributed by atoms with Gasteiger partial charge in [-0.2, -0.15) is 4.58 Å². The van der Waals surface area contributed by atoms with E-state index in [-0.39, 0.29) is 11.5 Å². The molecule has 1 aliphatic rings. The molecule has 1 unspecified atom stereocenters. The first-order valence-electron chi connectivity index (χ1n) is 11.0. The second-order valence-electron chi connectivity index (χ2n) is 9.41. The Hall–Kier alpha value is -2.78. The third-order valence-corrected chi connectivity index (χ3v) is 6.52. The van der Waals surface area contributed by atoms with Gasteiger partial charge in [0, 0.05) is 18.1 Å². The molecule has 4 rings (SSSR count). The summed E-state index contributed by atoms with van der Waals surface area (Å²) in [5.74, 6) is 1.48. The van der Waals surface area contributed by atoms with Crippen molar-refractivity contribution in [1.82, 2.24) is 0 Å². The highest BCUT2D eigenvalue weighted by atomic mass is 35.5. The molecule has 0 aromatic heterocycles. The van der Waals surface area contributed by atoms with Gasteiger partial charge in [0.25, 0.3) is 0 Å². The van der Waals surface area contributed by atoms with Gasteiger partial charge in [-0.3, -0.25) is 0 Å². The number of para-hydroxylation sites is 1. The van der Waals surface area contributed by atoms with Crippen molar-refractivity contribution in [1.29, 1.82) is 0 Å².